The number of ether oxygens (including phenoxy) is 4. The number of methoxy groups -OCH3 is 1. The summed E-state index contributed by atoms with van der Waals surface area (Å²) in [5.41, 5.74) is 4.52. The van der Waals surface area contributed by atoms with Crippen molar-refractivity contribution < 1.29 is 33.6 Å². The Kier molecular flexibility index (Phi) is 7.28. The quantitative estimate of drug-likeness (QED) is 0.310. The average Bonchev–Trinajstić information content (AvgIpc) is 3.81. The van der Waals surface area contributed by atoms with Crippen LogP contribution in [-0.2, 0) is 20.7 Å². The van der Waals surface area contributed by atoms with Crippen LogP contribution in [0.4, 0.5) is 0 Å². The highest BCUT2D eigenvalue weighted by molar-refractivity contribution is 5.98. The Bertz CT molecular complexity index is 1700. The van der Waals surface area contributed by atoms with Crippen LogP contribution in [0, 0.1) is 5.92 Å². The predicted octanol–water partition coefficient (Wildman–Crippen LogP) is 6.55. The zero-order valence-corrected chi connectivity index (χ0v) is 25.5. The van der Waals surface area contributed by atoms with Crippen LogP contribution in [0.1, 0.15) is 81.4 Å². The summed E-state index contributed by atoms with van der Waals surface area (Å²) >= 11 is 0. The standard InChI is InChI=1S/C36H39NO7/c1-4-42-35(39)31-17-25(21-10-12-28(38)24(16-21)20-9-11-27-22(15-20)13-14-37-27)33-30(43-31)19-29-26(34(33)41-3)18-32(44-29)36(2,40)23-7-5-6-8-23/h9,11,13-15,17,19,23-24,32,37,40H,4-8,10,12,16,18H2,1-3H3. The van der Waals surface area contributed by atoms with Crippen molar-refractivity contribution in [2.45, 2.75) is 82.8 Å². The van der Waals surface area contributed by atoms with Crippen LogP contribution in [0.3, 0.4) is 0 Å². The Morgan fingerprint density at radius 1 is 1.11 bits per heavy atom. The summed E-state index contributed by atoms with van der Waals surface area (Å²) in [4.78, 5) is 29.5. The molecule has 3 atom stereocenters. The number of esters is 1. The summed E-state index contributed by atoms with van der Waals surface area (Å²) in [6, 6.07) is 9.95. The van der Waals surface area contributed by atoms with Gasteiger partial charge in [-0.25, -0.2) is 4.79 Å². The highest BCUT2D eigenvalue weighted by Crippen LogP contribution is 2.53. The molecule has 0 saturated heterocycles. The number of ketones is 1. The van der Waals surface area contributed by atoms with Crippen LogP contribution in [-0.4, -0.2) is 47.3 Å². The Morgan fingerprint density at radius 3 is 2.70 bits per heavy atom. The van der Waals surface area contributed by atoms with Gasteiger partial charge in [0.2, 0.25) is 5.76 Å². The molecule has 0 spiro atoms. The van der Waals surface area contributed by atoms with Crippen molar-refractivity contribution in [1.29, 1.82) is 0 Å². The number of hydrogen-bond donors (Lipinski definition) is 2. The van der Waals surface area contributed by atoms with E-state index in [-0.39, 0.29) is 30.0 Å². The van der Waals surface area contributed by atoms with E-state index in [0.29, 0.717) is 42.9 Å². The molecule has 3 aromatic rings. The maximum Gasteiger partial charge on any atom is 0.374 e. The van der Waals surface area contributed by atoms with Gasteiger partial charge in [0.05, 0.1) is 19.3 Å². The van der Waals surface area contributed by atoms with Gasteiger partial charge < -0.3 is 29.0 Å². The molecule has 1 aromatic heterocycles. The Balaban J connectivity index is 1.32. The zero-order chi connectivity index (χ0) is 30.6. The Labute approximate surface area is 257 Å². The number of hydrogen-bond acceptors (Lipinski definition) is 7. The van der Waals surface area contributed by atoms with E-state index in [0.717, 1.165) is 64.4 Å². The lowest BCUT2D eigenvalue weighted by molar-refractivity contribution is -0.141. The van der Waals surface area contributed by atoms with Gasteiger partial charge in [-0.2, -0.15) is 0 Å². The summed E-state index contributed by atoms with van der Waals surface area (Å²) in [5, 5.41) is 12.7. The number of aromatic nitrogens is 1. The van der Waals surface area contributed by atoms with Crippen LogP contribution < -0.4 is 14.2 Å². The first-order valence-corrected chi connectivity index (χ1v) is 15.8. The number of allylic oxidation sites excluding steroid dienone is 3. The molecule has 2 aromatic carbocycles. The minimum atomic E-state index is -0.991. The van der Waals surface area contributed by atoms with Gasteiger partial charge in [0.25, 0.3) is 0 Å². The minimum Gasteiger partial charge on any atom is -0.496 e. The van der Waals surface area contributed by atoms with Gasteiger partial charge in [0.15, 0.2) is 0 Å². The molecule has 7 rings (SSSR count). The molecule has 2 fully saturated rings. The zero-order valence-electron chi connectivity index (χ0n) is 25.5. The van der Waals surface area contributed by atoms with E-state index in [2.05, 4.69) is 11.1 Å². The van der Waals surface area contributed by atoms with Gasteiger partial charge in [0, 0.05) is 42.1 Å². The van der Waals surface area contributed by atoms with E-state index in [1.165, 1.54) is 0 Å². The van der Waals surface area contributed by atoms with Crippen LogP contribution in [0.5, 0.6) is 17.2 Å². The molecule has 3 unspecified atom stereocenters. The van der Waals surface area contributed by atoms with Crippen molar-refractivity contribution in [3.63, 3.8) is 0 Å². The van der Waals surface area contributed by atoms with Crippen molar-refractivity contribution in [1.82, 2.24) is 4.98 Å². The van der Waals surface area contributed by atoms with Gasteiger partial charge in [-0.3, -0.25) is 4.79 Å². The molecule has 8 heteroatoms. The molecule has 0 amide bonds. The number of carbonyl (C=O) groups excluding carboxylic acids is 2. The van der Waals surface area contributed by atoms with Crippen molar-refractivity contribution in [2.75, 3.05) is 13.7 Å². The van der Waals surface area contributed by atoms with Gasteiger partial charge in [-0.05, 0) is 86.2 Å². The Morgan fingerprint density at radius 2 is 1.93 bits per heavy atom. The van der Waals surface area contributed by atoms with Crippen LogP contribution in [0.2, 0.25) is 0 Å². The minimum absolute atomic E-state index is 0.0820. The lowest BCUT2D eigenvalue weighted by Crippen LogP contribution is -2.47. The smallest absolute Gasteiger partial charge is 0.374 e. The molecular formula is C36H39NO7. The summed E-state index contributed by atoms with van der Waals surface area (Å²) in [6.45, 7) is 3.86. The first-order chi connectivity index (χ1) is 21.3. The van der Waals surface area contributed by atoms with E-state index in [1.54, 1.807) is 20.1 Å². The molecule has 2 saturated carbocycles. The normalized spacial score (nSPS) is 24.6. The number of aliphatic hydroxyl groups is 1. The molecule has 2 N–H and O–H groups in total. The molecule has 3 heterocycles. The van der Waals surface area contributed by atoms with Crippen molar-refractivity contribution in [2.24, 2.45) is 5.92 Å². The van der Waals surface area contributed by atoms with Gasteiger partial charge in [-0.1, -0.05) is 24.5 Å². The molecular weight excluding hydrogens is 558 g/mol. The third-order valence-electron chi connectivity index (χ3n) is 10.1. The van der Waals surface area contributed by atoms with Crippen LogP contribution in [0.15, 0.2) is 53.9 Å². The van der Waals surface area contributed by atoms with E-state index >= 15 is 0 Å². The highest BCUT2D eigenvalue weighted by Gasteiger charge is 2.47. The van der Waals surface area contributed by atoms with Gasteiger partial charge >= 0.3 is 5.97 Å². The number of nitrogens with one attached hydrogen (secondary N) is 1. The fraction of sp³-hybridized carbons (Fsp3) is 0.444. The second-order valence-electron chi connectivity index (χ2n) is 12.7. The lowest BCUT2D eigenvalue weighted by atomic mass is 9.76. The number of benzene rings is 2. The SMILES string of the molecule is CCOC(=O)C1=CC(=C2CCC(=O)C(c3ccc4[nH]ccc4c3)C2)c2c(cc3c(c2OC)CC(C(C)(O)C2CCCC2)O3)O1. The van der Waals surface area contributed by atoms with Crippen molar-refractivity contribution in [3.8, 4) is 17.2 Å². The molecule has 44 heavy (non-hydrogen) atoms. The Hall–Kier alpha value is -4.04. The summed E-state index contributed by atoms with van der Waals surface area (Å²) in [6.07, 6.45) is 9.42. The molecule has 230 valence electrons. The van der Waals surface area contributed by atoms with Crippen LogP contribution >= 0.6 is 0 Å². The lowest BCUT2D eigenvalue weighted by Gasteiger charge is -2.35. The molecule has 0 radical (unpaired) electrons. The summed E-state index contributed by atoms with van der Waals surface area (Å²) < 4.78 is 24.0. The van der Waals surface area contributed by atoms with Crippen molar-refractivity contribution >= 4 is 28.2 Å². The van der Waals surface area contributed by atoms with Gasteiger partial charge in [0.1, 0.15) is 34.7 Å². The number of fused-ring (bicyclic) bond motifs is 3. The number of Topliss-reactive ketones (excluding diaryl/α,β-unsaturated/α-hetero) is 1. The van der Waals surface area contributed by atoms with Crippen LogP contribution in [0.25, 0.3) is 16.5 Å². The molecule has 4 aliphatic rings. The average molecular weight is 598 g/mol. The van der Waals surface area contributed by atoms with E-state index in [1.807, 2.05) is 37.4 Å². The molecule has 2 aliphatic heterocycles. The number of aromatic amines is 1. The molecule has 0 bridgehead atoms. The van der Waals surface area contributed by atoms with E-state index < -0.39 is 17.7 Å². The maximum absolute atomic E-state index is 13.3. The first-order valence-electron chi connectivity index (χ1n) is 15.8. The predicted molar refractivity (Wildman–Crippen MR) is 166 cm³/mol. The maximum atomic E-state index is 13.3. The van der Waals surface area contributed by atoms with Crippen molar-refractivity contribution in [3.05, 3.63) is 70.6 Å². The fourth-order valence-corrected chi connectivity index (χ4v) is 7.67. The summed E-state index contributed by atoms with van der Waals surface area (Å²) in [7, 11) is 1.63. The first kappa shape index (κ1) is 28.7. The fourth-order valence-electron chi connectivity index (χ4n) is 7.67. The number of rotatable bonds is 6. The van der Waals surface area contributed by atoms with E-state index in [9.17, 15) is 14.7 Å². The third-order valence-corrected chi connectivity index (χ3v) is 10.1. The number of carbonyl (C=O) groups is 2. The topological polar surface area (TPSA) is 107 Å². The number of H-pyrrole nitrogens is 1. The summed E-state index contributed by atoms with van der Waals surface area (Å²) in [5.74, 6) is 1.26. The monoisotopic (exact) mass is 597 g/mol. The second kappa shape index (κ2) is 11.1. The largest absolute Gasteiger partial charge is 0.496 e. The van der Waals surface area contributed by atoms with Gasteiger partial charge in [-0.15, -0.1) is 0 Å². The third kappa shape index (κ3) is 4.80. The van der Waals surface area contributed by atoms with E-state index in [4.69, 9.17) is 18.9 Å². The molecule has 2 aliphatic carbocycles. The highest BCUT2D eigenvalue weighted by atomic mass is 16.6. The second-order valence-corrected chi connectivity index (χ2v) is 12.7. The molecule has 8 nitrogen and oxygen atoms in total.